The van der Waals surface area contributed by atoms with E-state index in [1.807, 2.05) is 27.1 Å². The van der Waals surface area contributed by atoms with E-state index >= 15 is 0 Å². The lowest BCUT2D eigenvalue weighted by Crippen LogP contribution is -2.50. The van der Waals surface area contributed by atoms with Gasteiger partial charge in [-0.1, -0.05) is 18.2 Å². The third-order valence-corrected chi connectivity index (χ3v) is 3.61. The van der Waals surface area contributed by atoms with Crippen molar-refractivity contribution in [3.63, 3.8) is 0 Å². The Morgan fingerprint density at radius 2 is 1.90 bits per heavy atom. The van der Waals surface area contributed by atoms with Crippen LogP contribution in [0.3, 0.4) is 0 Å². The predicted octanol–water partition coefficient (Wildman–Crippen LogP) is 2.22. The van der Waals surface area contributed by atoms with Crippen molar-refractivity contribution in [2.45, 2.75) is 32.9 Å². The summed E-state index contributed by atoms with van der Waals surface area (Å²) in [6.45, 7) is 8.16. The van der Waals surface area contributed by atoms with Gasteiger partial charge in [-0.2, -0.15) is 0 Å². The van der Waals surface area contributed by atoms with Crippen LogP contribution in [0.4, 0.5) is 4.39 Å². The average Bonchev–Trinajstić information content (AvgIpc) is 2.43. The van der Waals surface area contributed by atoms with Crippen LogP contribution in [-0.4, -0.2) is 43.6 Å². The minimum absolute atomic E-state index is 0.00812. The van der Waals surface area contributed by atoms with Gasteiger partial charge in [0.2, 0.25) is 0 Å². The SMILES string of the molecule is CCNC(=NCc1ccccc1F)NCC(C)(C)N(C)C. The Kier molecular flexibility index (Phi) is 6.62. The third kappa shape index (κ3) is 5.71. The van der Waals surface area contributed by atoms with Crippen LogP contribution in [0.5, 0.6) is 0 Å². The summed E-state index contributed by atoms with van der Waals surface area (Å²) in [5.74, 6) is 0.487. The first-order valence-corrected chi connectivity index (χ1v) is 7.30. The first kappa shape index (κ1) is 17.4. The van der Waals surface area contributed by atoms with E-state index in [2.05, 4.69) is 34.4 Å². The summed E-state index contributed by atoms with van der Waals surface area (Å²) in [5, 5.41) is 6.49. The first-order valence-electron chi connectivity index (χ1n) is 7.30. The van der Waals surface area contributed by atoms with Crippen molar-refractivity contribution in [2.75, 3.05) is 27.2 Å². The minimum atomic E-state index is -0.217. The molecule has 0 heterocycles. The Bertz CT molecular complexity index is 469. The Morgan fingerprint density at radius 1 is 1.24 bits per heavy atom. The monoisotopic (exact) mass is 294 g/mol. The molecular weight excluding hydrogens is 267 g/mol. The maximum absolute atomic E-state index is 13.6. The van der Waals surface area contributed by atoms with Gasteiger partial charge in [-0.25, -0.2) is 9.38 Å². The van der Waals surface area contributed by atoms with E-state index in [4.69, 9.17) is 0 Å². The molecule has 1 rings (SSSR count). The second-order valence-corrected chi connectivity index (χ2v) is 5.85. The molecule has 0 saturated heterocycles. The van der Waals surface area contributed by atoms with E-state index < -0.39 is 0 Å². The molecule has 5 heteroatoms. The standard InChI is InChI=1S/C16H27FN4/c1-6-18-15(20-12-16(2,3)21(4)5)19-11-13-9-7-8-10-14(13)17/h7-10H,6,11-12H2,1-5H3,(H2,18,19,20). The van der Waals surface area contributed by atoms with Crippen molar-refractivity contribution < 1.29 is 4.39 Å². The molecule has 0 aliphatic rings. The highest BCUT2D eigenvalue weighted by molar-refractivity contribution is 5.79. The van der Waals surface area contributed by atoms with Crippen molar-refractivity contribution in [1.82, 2.24) is 15.5 Å². The summed E-state index contributed by atoms with van der Waals surface area (Å²) >= 11 is 0. The van der Waals surface area contributed by atoms with E-state index in [-0.39, 0.29) is 11.4 Å². The maximum Gasteiger partial charge on any atom is 0.191 e. The second-order valence-electron chi connectivity index (χ2n) is 5.85. The molecule has 21 heavy (non-hydrogen) atoms. The molecule has 0 saturated carbocycles. The lowest BCUT2D eigenvalue weighted by atomic mass is 10.0. The summed E-state index contributed by atoms with van der Waals surface area (Å²) < 4.78 is 13.6. The highest BCUT2D eigenvalue weighted by Crippen LogP contribution is 2.09. The molecule has 0 aliphatic heterocycles. The molecule has 0 atom stereocenters. The lowest BCUT2D eigenvalue weighted by molar-refractivity contribution is 0.197. The molecule has 1 aromatic carbocycles. The number of hydrogen-bond donors (Lipinski definition) is 2. The zero-order valence-electron chi connectivity index (χ0n) is 13.7. The van der Waals surface area contributed by atoms with Crippen molar-refractivity contribution in [2.24, 2.45) is 4.99 Å². The Morgan fingerprint density at radius 3 is 2.48 bits per heavy atom. The molecule has 1 aromatic rings. The van der Waals surface area contributed by atoms with Crippen LogP contribution >= 0.6 is 0 Å². The number of aliphatic imine (C=N–C) groups is 1. The summed E-state index contributed by atoms with van der Waals surface area (Å²) in [6, 6.07) is 6.72. The molecular formula is C16H27FN4. The number of nitrogens with zero attached hydrogens (tertiary/aromatic N) is 2. The van der Waals surface area contributed by atoms with Gasteiger partial charge in [-0.15, -0.1) is 0 Å². The fourth-order valence-electron chi connectivity index (χ4n) is 1.59. The smallest absolute Gasteiger partial charge is 0.191 e. The fourth-order valence-corrected chi connectivity index (χ4v) is 1.59. The molecule has 0 amide bonds. The number of hydrogen-bond acceptors (Lipinski definition) is 2. The molecule has 0 fully saturated rings. The van der Waals surface area contributed by atoms with E-state index in [1.165, 1.54) is 6.07 Å². The summed E-state index contributed by atoms with van der Waals surface area (Å²) in [7, 11) is 4.09. The van der Waals surface area contributed by atoms with E-state index in [0.29, 0.717) is 18.1 Å². The van der Waals surface area contributed by atoms with Crippen LogP contribution in [0.25, 0.3) is 0 Å². The van der Waals surface area contributed by atoms with Gasteiger partial charge in [0, 0.05) is 24.2 Å². The highest BCUT2D eigenvalue weighted by Gasteiger charge is 2.20. The Hall–Kier alpha value is -1.62. The topological polar surface area (TPSA) is 39.7 Å². The normalized spacial score (nSPS) is 12.6. The quantitative estimate of drug-likeness (QED) is 0.624. The van der Waals surface area contributed by atoms with E-state index in [0.717, 1.165) is 13.1 Å². The fraction of sp³-hybridized carbons (Fsp3) is 0.562. The van der Waals surface area contributed by atoms with E-state index in [9.17, 15) is 4.39 Å². The number of guanidine groups is 1. The van der Waals surface area contributed by atoms with Gasteiger partial charge in [0.25, 0.3) is 0 Å². The van der Waals surface area contributed by atoms with Gasteiger partial charge in [0.1, 0.15) is 5.82 Å². The molecule has 2 N–H and O–H groups in total. The molecule has 0 aliphatic carbocycles. The van der Waals surface area contributed by atoms with Crippen LogP contribution in [0, 0.1) is 5.82 Å². The number of benzene rings is 1. The minimum Gasteiger partial charge on any atom is -0.357 e. The molecule has 0 radical (unpaired) electrons. The maximum atomic E-state index is 13.6. The van der Waals surface area contributed by atoms with Crippen LogP contribution in [0.2, 0.25) is 0 Å². The van der Waals surface area contributed by atoms with Crippen molar-refractivity contribution in [3.8, 4) is 0 Å². The molecule has 118 valence electrons. The predicted molar refractivity (Wildman–Crippen MR) is 87.0 cm³/mol. The molecule has 0 spiro atoms. The largest absolute Gasteiger partial charge is 0.357 e. The first-order chi connectivity index (χ1) is 9.86. The average molecular weight is 294 g/mol. The van der Waals surface area contributed by atoms with Crippen LogP contribution in [-0.2, 0) is 6.54 Å². The zero-order valence-corrected chi connectivity index (χ0v) is 13.7. The number of likely N-dealkylation sites (N-methyl/N-ethyl adjacent to an activating group) is 1. The summed E-state index contributed by atoms with van der Waals surface area (Å²) in [4.78, 5) is 6.60. The molecule has 0 aromatic heterocycles. The van der Waals surface area contributed by atoms with Crippen molar-refractivity contribution in [1.29, 1.82) is 0 Å². The number of nitrogens with one attached hydrogen (secondary N) is 2. The second kappa shape index (κ2) is 7.98. The van der Waals surface area contributed by atoms with Gasteiger partial charge in [-0.05, 0) is 40.9 Å². The summed E-state index contributed by atoms with van der Waals surface area (Å²) in [6.07, 6.45) is 0. The van der Waals surface area contributed by atoms with Crippen LogP contribution in [0.1, 0.15) is 26.3 Å². The van der Waals surface area contributed by atoms with Crippen molar-refractivity contribution in [3.05, 3.63) is 35.6 Å². The zero-order chi connectivity index (χ0) is 15.9. The van der Waals surface area contributed by atoms with Crippen LogP contribution in [0.15, 0.2) is 29.3 Å². The van der Waals surface area contributed by atoms with Gasteiger partial charge in [0.05, 0.1) is 6.54 Å². The van der Waals surface area contributed by atoms with Gasteiger partial charge < -0.3 is 15.5 Å². The number of rotatable bonds is 6. The van der Waals surface area contributed by atoms with Crippen LogP contribution < -0.4 is 10.6 Å². The third-order valence-electron chi connectivity index (χ3n) is 3.61. The number of halogens is 1. The highest BCUT2D eigenvalue weighted by atomic mass is 19.1. The lowest BCUT2D eigenvalue weighted by Gasteiger charge is -2.33. The Balaban J connectivity index is 2.68. The van der Waals surface area contributed by atoms with Gasteiger partial charge >= 0.3 is 0 Å². The van der Waals surface area contributed by atoms with Gasteiger partial charge in [0.15, 0.2) is 5.96 Å². The molecule has 0 bridgehead atoms. The molecule has 0 unspecified atom stereocenters. The Labute approximate surface area is 127 Å². The van der Waals surface area contributed by atoms with Gasteiger partial charge in [-0.3, -0.25) is 0 Å². The van der Waals surface area contributed by atoms with E-state index in [1.54, 1.807) is 12.1 Å². The summed E-state index contributed by atoms with van der Waals surface area (Å²) in [5.41, 5.74) is 0.607. The molecule has 4 nitrogen and oxygen atoms in total. The van der Waals surface area contributed by atoms with Crippen molar-refractivity contribution >= 4 is 5.96 Å².